The number of likely N-dealkylation sites (tertiary alicyclic amines) is 1. The van der Waals surface area contributed by atoms with Crippen LogP contribution < -0.4 is 9.64 Å². The quantitative estimate of drug-likeness (QED) is 0.531. The lowest BCUT2D eigenvalue weighted by molar-refractivity contribution is 0.0613. The van der Waals surface area contributed by atoms with Crippen molar-refractivity contribution in [3.8, 4) is 5.75 Å². The van der Waals surface area contributed by atoms with Crippen molar-refractivity contribution in [2.75, 3.05) is 25.1 Å². The third-order valence-corrected chi connectivity index (χ3v) is 6.86. The predicted octanol–water partition coefficient (Wildman–Crippen LogP) is 5.41. The smallest absolute Gasteiger partial charge is 0.255 e. The Bertz CT molecular complexity index is 1120. The third kappa shape index (κ3) is 4.45. The van der Waals surface area contributed by atoms with Gasteiger partial charge in [-0.2, -0.15) is 0 Å². The highest BCUT2D eigenvalue weighted by Gasteiger charge is 2.29. The van der Waals surface area contributed by atoms with Crippen LogP contribution in [-0.4, -0.2) is 42.0 Å². The maximum atomic E-state index is 13.7. The van der Waals surface area contributed by atoms with Gasteiger partial charge in [0.25, 0.3) is 5.91 Å². The van der Waals surface area contributed by atoms with Gasteiger partial charge in [-0.05, 0) is 62.3 Å². The van der Waals surface area contributed by atoms with Crippen LogP contribution in [0, 0.1) is 0 Å². The molecule has 0 bridgehead atoms. The molecule has 33 heavy (non-hydrogen) atoms. The van der Waals surface area contributed by atoms with Crippen LogP contribution in [-0.2, 0) is 12.8 Å². The van der Waals surface area contributed by atoms with E-state index in [2.05, 4.69) is 40.1 Å². The van der Waals surface area contributed by atoms with E-state index < -0.39 is 0 Å². The van der Waals surface area contributed by atoms with Gasteiger partial charge in [0, 0.05) is 25.3 Å². The number of methoxy groups -OCH3 is 1. The Balaban J connectivity index is 1.44. The predicted molar refractivity (Wildman–Crippen MR) is 131 cm³/mol. The first-order valence-electron chi connectivity index (χ1n) is 12.0. The molecule has 0 unspecified atom stereocenters. The van der Waals surface area contributed by atoms with Crippen LogP contribution in [0.3, 0.4) is 0 Å². The van der Waals surface area contributed by atoms with E-state index in [1.165, 1.54) is 12.0 Å². The molecule has 3 aromatic rings. The minimum atomic E-state index is 0.0940. The van der Waals surface area contributed by atoms with Crippen LogP contribution in [0.2, 0.25) is 0 Å². The van der Waals surface area contributed by atoms with Crippen molar-refractivity contribution in [1.29, 1.82) is 0 Å². The highest BCUT2D eigenvalue weighted by molar-refractivity contribution is 5.95. The molecule has 5 rings (SSSR count). The topological polar surface area (TPSA) is 45.7 Å². The number of anilines is 2. The normalized spacial score (nSPS) is 18.0. The number of carbonyl (C=O) groups excluding carboxylic acids is 1. The molecule has 5 nitrogen and oxygen atoms in total. The lowest BCUT2D eigenvalue weighted by atomic mass is 9.94. The maximum Gasteiger partial charge on any atom is 0.255 e. The minimum Gasteiger partial charge on any atom is -0.495 e. The van der Waals surface area contributed by atoms with Crippen molar-refractivity contribution in [2.24, 2.45) is 0 Å². The van der Waals surface area contributed by atoms with Crippen LogP contribution >= 0.6 is 0 Å². The molecule has 2 aliphatic heterocycles. The molecule has 0 aliphatic carbocycles. The van der Waals surface area contributed by atoms with E-state index in [-0.39, 0.29) is 11.9 Å². The molecule has 3 heterocycles. The molecule has 0 spiro atoms. The molecule has 0 radical (unpaired) electrons. The van der Waals surface area contributed by atoms with Gasteiger partial charge in [0.1, 0.15) is 5.75 Å². The number of rotatable bonds is 5. The summed E-state index contributed by atoms with van der Waals surface area (Å²) < 4.78 is 5.62. The number of ether oxygens (including phenoxy) is 1. The molecule has 1 atom stereocenters. The number of hydrogen-bond acceptors (Lipinski definition) is 4. The van der Waals surface area contributed by atoms with Crippen molar-refractivity contribution in [1.82, 2.24) is 9.88 Å². The Labute approximate surface area is 196 Å². The summed E-state index contributed by atoms with van der Waals surface area (Å²) in [7, 11) is 1.70. The number of carbonyl (C=O) groups is 1. The SMILES string of the molecule is COc1ccccc1N1CCCc2ncc(C(=O)N3CCCC[C@@H]3Cc3ccccc3)cc21. The zero-order valence-corrected chi connectivity index (χ0v) is 19.2. The zero-order valence-electron chi connectivity index (χ0n) is 19.2. The number of nitrogens with zero attached hydrogens (tertiary/aromatic N) is 3. The van der Waals surface area contributed by atoms with Crippen molar-refractivity contribution in [3.05, 3.63) is 83.7 Å². The second kappa shape index (κ2) is 9.65. The number of piperidine rings is 1. The standard InChI is InChI=1S/C28H31N3O2/c1-33-27-15-6-5-14-25(27)31-17-9-13-24-26(31)19-22(20-29-24)28(32)30-16-8-7-12-23(30)18-21-10-3-2-4-11-21/h2-6,10-11,14-15,19-20,23H,7-9,12-13,16-18H2,1H3/t23-/m1/s1. The first-order valence-corrected chi connectivity index (χ1v) is 12.0. The van der Waals surface area contributed by atoms with E-state index in [9.17, 15) is 4.79 Å². The Morgan fingerprint density at radius 3 is 2.67 bits per heavy atom. The number of amides is 1. The van der Waals surface area contributed by atoms with Crippen molar-refractivity contribution in [3.63, 3.8) is 0 Å². The largest absolute Gasteiger partial charge is 0.495 e. The maximum absolute atomic E-state index is 13.7. The fourth-order valence-electron chi connectivity index (χ4n) is 5.18. The molecule has 5 heteroatoms. The van der Waals surface area contributed by atoms with Crippen molar-refractivity contribution in [2.45, 2.75) is 44.6 Å². The number of fused-ring (bicyclic) bond motifs is 1. The molecule has 1 amide bonds. The molecular weight excluding hydrogens is 410 g/mol. The van der Waals surface area contributed by atoms with E-state index >= 15 is 0 Å². The highest BCUT2D eigenvalue weighted by atomic mass is 16.5. The number of benzene rings is 2. The molecule has 1 fully saturated rings. The molecule has 170 valence electrons. The number of pyridine rings is 1. The van der Waals surface area contributed by atoms with Crippen molar-refractivity contribution >= 4 is 17.3 Å². The summed E-state index contributed by atoms with van der Waals surface area (Å²) in [5.41, 5.74) is 5.05. The highest BCUT2D eigenvalue weighted by Crippen LogP contribution is 2.38. The van der Waals surface area contributed by atoms with Crippen LogP contribution in [0.1, 0.15) is 47.3 Å². The van der Waals surface area contributed by atoms with E-state index in [0.29, 0.717) is 5.56 Å². The molecule has 1 saturated heterocycles. The summed E-state index contributed by atoms with van der Waals surface area (Å²) in [5.74, 6) is 0.928. The monoisotopic (exact) mass is 441 g/mol. The number of aromatic nitrogens is 1. The van der Waals surface area contributed by atoms with Crippen LogP contribution in [0.25, 0.3) is 0 Å². The first-order chi connectivity index (χ1) is 16.2. The summed E-state index contributed by atoms with van der Waals surface area (Å²) in [6.45, 7) is 1.69. The van der Waals surface area contributed by atoms with Gasteiger partial charge in [-0.15, -0.1) is 0 Å². The van der Waals surface area contributed by atoms with E-state index in [0.717, 1.165) is 68.0 Å². The van der Waals surface area contributed by atoms with E-state index in [1.54, 1.807) is 13.3 Å². The summed E-state index contributed by atoms with van der Waals surface area (Å²) in [6.07, 6.45) is 7.91. The van der Waals surface area contributed by atoms with Gasteiger partial charge in [0.15, 0.2) is 0 Å². The Morgan fingerprint density at radius 1 is 1.00 bits per heavy atom. The minimum absolute atomic E-state index is 0.0940. The van der Waals surface area contributed by atoms with Crippen LogP contribution in [0.4, 0.5) is 11.4 Å². The molecule has 1 aromatic heterocycles. The van der Waals surface area contributed by atoms with Gasteiger partial charge in [0.05, 0.1) is 29.7 Å². The fraction of sp³-hybridized carbons (Fsp3) is 0.357. The second-order valence-corrected chi connectivity index (χ2v) is 8.95. The van der Waals surface area contributed by atoms with Gasteiger partial charge in [-0.3, -0.25) is 9.78 Å². The van der Waals surface area contributed by atoms with Crippen LogP contribution in [0.15, 0.2) is 66.9 Å². The van der Waals surface area contributed by atoms with Gasteiger partial charge >= 0.3 is 0 Å². The number of para-hydroxylation sites is 2. The van der Waals surface area contributed by atoms with Gasteiger partial charge in [-0.1, -0.05) is 42.5 Å². The second-order valence-electron chi connectivity index (χ2n) is 8.95. The summed E-state index contributed by atoms with van der Waals surface area (Å²) in [5, 5.41) is 0. The molecule has 2 aromatic carbocycles. The van der Waals surface area contributed by atoms with Gasteiger partial charge < -0.3 is 14.5 Å². The third-order valence-electron chi connectivity index (χ3n) is 6.86. The van der Waals surface area contributed by atoms with Crippen molar-refractivity contribution < 1.29 is 9.53 Å². The van der Waals surface area contributed by atoms with E-state index in [4.69, 9.17) is 9.72 Å². The van der Waals surface area contributed by atoms with Crippen LogP contribution in [0.5, 0.6) is 5.75 Å². The first kappa shape index (κ1) is 21.5. The summed E-state index contributed by atoms with van der Waals surface area (Å²) in [4.78, 5) is 22.8. The summed E-state index contributed by atoms with van der Waals surface area (Å²) >= 11 is 0. The molecule has 2 aliphatic rings. The summed E-state index contributed by atoms with van der Waals surface area (Å²) in [6, 6.07) is 20.8. The molecule has 0 saturated carbocycles. The Hall–Kier alpha value is -3.34. The average Bonchev–Trinajstić information content (AvgIpc) is 2.88. The molecular formula is C28H31N3O2. The lowest BCUT2D eigenvalue weighted by Gasteiger charge is -2.36. The van der Waals surface area contributed by atoms with Gasteiger partial charge in [0.2, 0.25) is 0 Å². The average molecular weight is 442 g/mol. The lowest BCUT2D eigenvalue weighted by Crippen LogP contribution is -2.45. The number of hydrogen-bond donors (Lipinski definition) is 0. The fourth-order valence-corrected chi connectivity index (χ4v) is 5.18. The Kier molecular flexibility index (Phi) is 6.29. The number of aryl methyl sites for hydroxylation is 1. The van der Waals surface area contributed by atoms with Gasteiger partial charge in [-0.25, -0.2) is 0 Å². The Morgan fingerprint density at radius 2 is 1.82 bits per heavy atom. The van der Waals surface area contributed by atoms with E-state index in [1.807, 2.05) is 30.3 Å². The zero-order chi connectivity index (χ0) is 22.6. The molecule has 0 N–H and O–H groups in total.